The highest BCUT2D eigenvalue weighted by Crippen LogP contribution is 2.29. The first kappa shape index (κ1) is 15.0. The van der Waals surface area contributed by atoms with E-state index in [4.69, 9.17) is 0 Å². The van der Waals surface area contributed by atoms with Crippen LogP contribution in [-0.2, 0) is 10.0 Å². The van der Waals surface area contributed by atoms with E-state index in [-0.39, 0.29) is 11.5 Å². The lowest BCUT2D eigenvalue weighted by Crippen LogP contribution is -2.52. The first-order valence-electron chi connectivity index (χ1n) is 6.38. The van der Waals surface area contributed by atoms with Crippen LogP contribution >= 0.6 is 15.9 Å². The molecule has 0 spiro atoms. The van der Waals surface area contributed by atoms with Gasteiger partial charge in [0.25, 0.3) is 0 Å². The molecule has 1 fully saturated rings. The molecule has 0 radical (unpaired) electrons. The van der Waals surface area contributed by atoms with Crippen molar-refractivity contribution in [1.82, 2.24) is 4.72 Å². The maximum Gasteiger partial charge on any atom is 0.241 e. The maximum atomic E-state index is 12.3. The highest BCUT2D eigenvalue weighted by atomic mass is 79.9. The summed E-state index contributed by atoms with van der Waals surface area (Å²) in [6, 6.07) is 6.50. The molecule has 2 N–H and O–H groups in total. The largest absolute Gasteiger partial charge is 0.394 e. The van der Waals surface area contributed by atoms with Gasteiger partial charge in [-0.05, 0) is 37.1 Å². The molecule has 106 valence electrons. The van der Waals surface area contributed by atoms with Crippen molar-refractivity contribution in [2.45, 2.75) is 42.5 Å². The fraction of sp³-hybridized carbons (Fsp3) is 0.538. The van der Waals surface area contributed by atoms with Gasteiger partial charge >= 0.3 is 0 Å². The van der Waals surface area contributed by atoms with Crippen molar-refractivity contribution in [1.29, 1.82) is 0 Å². The molecule has 0 unspecified atom stereocenters. The second-order valence-electron chi connectivity index (χ2n) is 5.06. The lowest BCUT2D eigenvalue weighted by Gasteiger charge is -2.36. The summed E-state index contributed by atoms with van der Waals surface area (Å²) in [4.78, 5) is 0.231. The number of halogens is 1. The van der Waals surface area contributed by atoms with E-state index < -0.39 is 15.6 Å². The standard InChI is InChI=1S/C13H18BrNO3S/c14-11-4-6-12(7-5-11)19(17,18)15-13(10-16)8-2-1-3-9-13/h4-7,15-16H,1-3,8-10H2. The molecule has 0 aliphatic heterocycles. The van der Waals surface area contributed by atoms with E-state index in [1.54, 1.807) is 24.3 Å². The second kappa shape index (κ2) is 5.91. The van der Waals surface area contributed by atoms with Gasteiger partial charge in [0.05, 0.1) is 17.0 Å². The smallest absolute Gasteiger partial charge is 0.241 e. The Morgan fingerprint density at radius 3 is 2.26 bits per heavy atom. The number of aliphatic hydroxyl groups excluding tert-OH is 1. The topological polar surface area (TPSA) is 66.4 Å². The zero-order chi connectivity index (χ0) is 13.9. The molecule has 6 heteroatoms. The third-order valence-corrected chi connectivity index (χ3v) is 5.71. The Morgan fingerprint density at radius 2 is 1.74 bits per heavy atom. The van der Waals surface area contributed by atoms with Crippen LogP contribution in [0.15, 0.2) is 33.6 Å². The Labute approximate surface area is 122 Å². The summed E-state index contributed by atoms with van der Waals surface area (Å²) in [6.45, 7) is -0.150. The van der Waals surface area contributed by atoms with Crippen LogP contribution in [0.25, 0.3) is 0 Å². The van der Waals surface area contributed by atoms with Crippen LogP contribution in [0, 0.1) is 0 Å². The van der Waals surface area contributed by atoms with Gasteiger partial charge in [-0.2, -0.15) is 0 Å². The molecule has 0 aromatic heterocycles. The van der Waals surface area contributed by atoms with Gasteiger partial charge in [0.2, 0.25) is 10.0 Å². The minimum Gasteiger partial charge on any atom is -0.394 e. The number of aliphatic hydroxyl groups is 1. The third kappa shape index (κ3) is 3.56. The van der Waals surface area contributed by atoms with Gasteiger partial charge in [-0.3, -0.25) is 0 Å². The number of benzene rings is 1. The Kier molecular flexibility index (Phi) is 4.66. The molecule has 1 saturated carbocycles. The van der Waals surface area contributed by atoms with E-state index in [2.05, 4.69) is 20.7 Å². The molecule has 1 aliphatic rings. The Morgan fingerprint density at radius 1 is 1.16 bits per heavy atom. The monoisotopic (exact) mass is 347 g/mol. The SMILES string of the molecule is O=S(=O)(NC1(CO)CCCCC1)c1ccc(Br)cc1. The first-order chi connectivity index (χ1) is 8.97. The van der Waals surface area contributed by atoms with Crippen molar-refractivity contribution in [2.24, 2.45) is 0 Å². The van der Waals surface area contributed by atoms with Gasteiger partial charge in [0.15, 0.2) is 0 Å². The molecule has 0 bridgehead atoms. The summed E-state index contributed by atoms with van der Waals surface area (Å²) in [5.41, 5.74) is -0.690. The van der Waals surface area contributed by atoms with Crippen LogP contribution in [0.2, 0.25) is 0 Å². The molecule has 1 aliphatic carbocycles. The number of hydrogen-bond acceptors (Lipinski definition) is 3. The predicted octanol–water partition coefficient (Wildman–Crippen LogP) is 2.42. The minimum absolute atomic E-state index is 0.150. The highest BCUT2D eigenvalue weighted by Gasteiger charge is 2.35. The van der Waals surface area contributed by atoms with Crippen molar-refractivity contribution in [2.75, 3.05) is 6.61 Å². The van der Waals surface area contributed by atoms with E-state index >= 15 is 0 Å². The van der Waals surface area contributed by atoms with Gasteiger partial charge in [0, 0.05) is 4.47 Å². The maximum absolute atomic E-state index is 12.3. The van der Waals surface area contributed by atoms with Crippen LogP contribution in [0.1, 0.15) is 32.1 Å². The average Bonchev–Trinajstić information content (AvgIpc) is 2.40. The van der Waals surface area contributed by atoms with Crippen molar-refractivity contribution in [3.8, 4) is 0 Å². The van der Waals surface area contributed by atoms with E-state index in [0.717, 1.165) is 23.7 Å². The molecule has 1 aromatic rings. The van der Waals surface area contributed by atoms with Gasteiger partial charge in [-0.1, -0.05) is 35.2 Å². The van der Waals surface area contributed by atoms with Crippen molar-refractivity contribution >= 4 is 26.0 Å². The molecular weight excluding hydrogens is 330 g/mol. The highest BCUT2D eigenvalue weighted by molar-refractivity contribution is 9.10. The molecule has 1 aromatic carbocycles. The molecule has 0 atom stereocenters. The fourth-order valence-electron chi connectivity index (χ4n) is 2.48. The lowest BCUT2D eigenvalue weighted by atomic mass is 9.83. The summed E-state index contributed by atoms with van der Waals surface area (Å²) in [5.74, 6) is 0. The molecule has 19 heavy (non-hydrogen) atoms. The van der Waals surface area contributed by atoms with Crippen molar-refractivity contribution < 1.29 is 13.5 Å². The lowest BCUT2D eigenvalue weighted by molar-refractivity contribution is 0.142. The zero-order valence-corrected chi connectivity index (χ0v) is 13.0. The average molecular weight is 348 g/mol. The predicted molar refractivity (Wildman–Crippen MR) is 77.4 cm³/mol. The Hall–Kier alpha value is -0.430. The fourth-order valence-corrected chi connectivity index (χ4v) is 4.19. The molecule has 2 rings (SSSR count). The van der Waals surface area contributed by atoms with Crippen molar-refractivity contribution in [3.63, 3.8) is 0 Å². The third-order valence-electron chi connectivity index (χ3n) is 3.59. The zero-order valence-electron chi connectivity index (χ0n) is 10.6. The first-order valence-corrected chi connectivity index (χ1v) is 8.65. The van der Waals surface area contributed by atoms with Crippen LogP contribution in [0.5, 0.6) is 0 Å². The second-order valence-corrected chi connectivity index (χ2v) is 7.66. The number of sulfonamides is 1. The van der Waals surface area contributed by atoms with Gasteiger partial charge in [-0.25, -0.2) is 13.1 Å². The van der Waals surface area contributed by atoms with E-state index in [1.807, 2.05) is 0 Å². The summed E-state index contributed by atoms with van der Waals surface area (Å²) >= 11 is 3.28. The minimum atomic E-state index is -3.58. The van der Waals surface area contributed by atoms with E-state index in [9.17, 15) is 13.5 Å². The summed E-state index contributed by atoms with van der Waals surface area (Å²) < 4.78 is 28.2. The molecule has 0 saturated heterocycles. The number of nitrogens with one attached hydrogen (secondary N) is 1. The van der Waals surface area contributed by atoms with Crippen LogP contribution in [-0.4, -0.2) is 25.7 Å². The normalized spacial score (nSPS) is 19.3. The molecule has 0 amide bonds. The Bertz CT molecular complexity index is 521. The van der Waals surface area contributed by atoms with Crippen LogP contribution in [0.4, 0.5) is 0 Å². The number of hydrogen-bond donors (Lipinski definition) is 2. The van der Waals surface area contributed by atoms with Crippen LogP contribution < -0.4 is 4.72 Å². The quantitative estimate of drug-likeness (QED) is 0.878. The van der Waals surface area contributed by atoms with E-state index in [1.165, 1.54) is 0 Å². The Balaban J connectivity index is 2.22. The van der Waals surface area contributed by atoms with E-state index in [0.29, 0.717) is 12.8 Å². The summed E-state index contributed by atoms with van der Waals surface area (Å²) in [7, 11) is -3.58. The van der Waals surface area contributed by atoms with Crippen molar-refractivity contribution in [3.05, 3.63) is 28.7 Å². The molecule has 4 nitrogen and oxygen atoms in total. The molecule has 0 heterocycles. The van der Waals surface area contributed by atoms with Gasteiger partial charge < -0.3 is 5.11 Å². The van der Waals surface area contributed by atoms with Crippen LogP contribution in [0.3, 0.4) is 0 Å². The summed E-state index contributed by atoms with van der Waals surface area (Å²) in [5, 5.41) is 9.56. The van der Waals surface area contributed by atoms with Gasteiger partial charge in [0.1, 0.15) is 0 Å². The summed E-state index contributed by atoms with van der Waals surface area (Å²) in [6.07, 6.45) is 4.38. The number of rotatable bonds is 4. The van der Waals surface area contributed by atoms with Gasteiger partial charge in [-0.15, -0.1) is 0 Å². The molecular formula is C13H18BrNO3S.